The lowest BCUT2D eigenvalue weighted by Crippen LogP contribution is -2.30. The standard InChI is InChI=1S/C27H30N6O2/c1-15-18(10-28)6-5-7-21(15)16(2)30-26-23-9-25(29-4)24(8-22(23)17(3)31-32-26)27(34)33-11-19-13-35-14-20(19)12-33/h5-9,16,19-20,29H,11-14H2,1-4H3,(H,30,32)/t16-,19?,20?/m1/s1. The third-order valence-electron chi connectivity index (χ3n) is 7.45. The minimum absolute atomic E-state index is 0.0358. The monoisotopic (exact) mass is 470 g/mol. The van der Waals surface area contributed by atoms with Crippen LogP contribution in [0.5, 0.6) is 0 Å². The summed E-state index contributed by atoms with van der Waals surface area (Å²) in [5, 5.41) is 26.7. The van der Waals surface area contributed by atoms with E-state index in [0.29, 0.717) is 28.8 Å². The Morgan fingerprint density at radius 1 is 1.17 bits per heavy atom. The van der Waals surface area contributed by atoms with E-state index in [1.165, 1.54) is 0 Å². The number of rotatable bonds is 5. The number of hydrogen-bond donors (Lipinski definition) is 2. The maximum Gasteiger partial charge on any atom is 0.255 e. The van der Waals surface area contributed by atoms with Crippen molar-refractivity contribution in [2.45, 2.75) is 26.8 Å². The minimum atomic E-state index is -0.0888. The normalized spacial score (nSPS) is 19.9. The zero-order valence-electron chi connectivity index (χ0n) is 20.6. The summed E-state index contributed by atoms with van der Waals surface area (Å²) in [7, 11) is 1.83. The molecule has 3 heterocycles. The minimum Gasteiger partial charge on any atom is -0.387 e. The smallest absolute Gasteiger partial charge is 0.255 e. The van der Waals surface area contributed by atoms with Crippen LogP contribution in [-0.2, 0) is 4.74 Å². The summed E-state index contributed by atoms with van der Waals surface area (Å²) < 4.78 is 5.57. The number of fused-ring (bicyclic) bond motifs is 2. The molecule has 0 radical (unpaired) electrons. The Labute approximate surface area is 205 Å². The van der Waals surface area contributed by atoms with E-state index in [2.05, 4.69) is 26.9 Å². The van der Waals surface area contributed by atoms with Gasteiger partial charge in [0.25, 0.3) is 5.91 Å². The van der Waals surface area contributed by atoms with Crippen molar-refractivity contribution in [3.05, 3.63) is 58.3 Å². The van der Waals surface area contributed by atoms with Crippen molar-refractivity contribution >= 4 is 28.2 Å². The first-order valence-corrected chi connectivity index (χ1v) is 12.0. The second-order valence-corrected chi connectivity index (χ2v) is 9.59. The third-order valence-corrected chi connectivity index (χ3v) is 7.45. The van der Waals surface area contributed by atoms with Gasteiger partial charge in [0.1, 0.15) is 0 Å². The van der Waals surface area contributed by atoms with Crippen LogP contribution in [-0.4, -0.2) is 54.4 Å². The Bertz CT molecular complexity index is 1340. The summed E-state index contributed by atoms with van der Waals surface area (Å²) in [6.07, 6.45) is 0. The second-order valence-electron chi connectivity index (χ2n) is 9.59. The van der Waals surface area contributed by atoms with Crippen molar-refractivity contribution in [2.75, 3.05) is 44.0 Å². The highest BCUT2D eigenvalue weighted by molar-refractivity contribution is 6.07. The quantitative estimate of drug-likeness (QED) is 0.580. The van der Waals surface area contributed by atoms with E-state index in [-0.39, 0.29) is 11.9 Å². The van der Waals surface area contributed by atoms with E-state index < -0.39 is 0 Å². The molecule has 1 amide bonds. The molecular weight excluding hydrogens is 440 g/mol. The molecule has 180 valence electrons. The summed E-state index contributed by atoms with van der Waals surface area (Å²) in [5.74, 6) is 1.55. The van der Waals surface area contributed by atoms with Gasteiger partial charge in [-0.05, 0) is 50.1 Å². The molecule has 3 aromatic rings. The van der Waals surface area contributed by atoms with Gasteiger partial charge in [0, 0.05) is 48.4 Å². The molecule has 1 aromatic heterocycles. The summed E-state index contributed by atoms with van der Waals surface area (Å²) in [6.45, 7) is 8.87. The van der Waals surface area contributed by atoms with Crippen molar-refractivity contribution in [1.29, 1.82) is 5.26 Å². The number of amides is 1. The Morgan fingerprint density at radius 2 is 1.91 bits per heavy atom. The molecular formula is C27H30N6O2. The number of nitrogens with one attached hydrogen (secondary N) is 2. The van der Waals surface area contributed by atoms with E-state index in [1.54, 1.807) is 0 Å². The number of hydrogen-bond acceptors (Lipinski definition) is 7. The number of likely N-dealkylation sites (tertiary alicyclic amines) is 1. The second kappa shape index (κ2) is 9.16. The highest BCUT2D eigenvalue weighted by Crippen LogP contribution is 2.35. The fourth-order valence-corrected chi connectivity index (χ4v) is 5.37. The molecule has 0 bridgehead atoms. The van der Waals surface area contributed by atoms with Gasteiger partial charge in [-0.3, -0.25) is 4.79 Å². The number of nitrogens with zero attached hydrogens (tertiary/aromatic N) is 4. The number of anilines is 2. The Balaban J connectivity index is 1.50. The predicted molar refractivity (Wildman–Crippen MR) is 135 cm³/mol. The summed E-state index contributed by atoms with van der Waals surface area (Å²) in [4.78, 5) is 15.5. The maximum absolute atomic E-state index is 13.5. The van der Waals surface area contributed by atoms with Gasteiger partial charge in [-0.1, -0.05) is 12.1 Å². The maximum atomic E-state index is 13.5. The molecule has 0 spiro atoms. The fourth-order valence-electron chi connectivity index (χ4n) is 5.37. The Kier molecular flexibility index (Phi) is 6.03. The molecule has 0 saturated carbocycles. The number of aryl methyl sites for hydroxylation is 1. The molecule has 2 N–H and O–H groups in total. The van der Waals surface area contributed by atoms with Gasteiger partial charge in [-0.15, -0.1) is 5.10 Å². The molecule has 2 unspecified atom stereocenters. The number of benzene rings is 2. The van der Waals surface area contributed by atoms with Crippen molar-refractivity contribution in [3.8, 4) is 6.07 Å². The van der Waals surface area contributed by atoms with E-state index >= 15 is 0 Å². The number of carbonyl (C=O) groups is 1. The van der Waals surface area contributed by atoms with Crippen molar-refractivity contribution in [1.82, 2.24) is 15.1 Å². The molecule has 35 heavy (non-hydrogen) atoms. The number of nitriles is 1. The lowest BCUT2D eigenvalue weighted by molar-refractivity contribution is 0.0752. The highest BCUT2D eigenvalue weighted by Gasteiger charge is 2.39. The first-order valence-electron chi connectivity index (χ1n) is 12.0. The molecule has 2 fully saturated rings. The van der Waals surface area contributed by atoms with Crippen molar-refractivity contribution < 1.29 is 9.53 Å². The van der Waals surface area contributed by atoms with E-state index in [4.69, 9.17) is 4.74 Å². The number of ether oxygens (including phenoxy) is 1. The van der Waals surface area contributed by atoms with Crippen LogP contribution in [0.4, 0.5) is 11.5 Å². The first-order chi connectivity index (χ1) is 16.9. The fraction of sp³-hybridized carbons (Fsp3) is 0.407. The van der Waals surface area contributed by atoms with Crippen LogP contribution >= 0.6 is 0 Å². The van der Waals surface area contributed by atoms with E-state index in [9.17, 15) is 10.1 Å². The summed E-state index contributed by atoms with van der Waals surface area (Å²) in [5.41, 5.74) is 4.82. The molecule has 2 aromatic carbocycles. The molecule has 0 aliphatic carbocycles. The number of carbonyl (C=O) groups excluding carboxylic acids is 1. The van der Waals surface area contributed by atoms with Crippen LogP contribution in [0.25, 0.3) is 10.8 Å². The third kappa shape index (κ3) is 4.06. The highest BCUT2D eigenvalue weighted by atomic mass is 16.5. The van der Waals surface area contributed by atoms with Crippen LogP contribution < -0.4 is 10.6 Å². The SMILES string of the molecule is CNc1cc2c(N[C@H](C)c3cccc(C#N)c3C)nnc(C)c2cc1C(=O)N1CC2COCC2C1. The Morgan fingerprint density at radius 3 is 2.60 bits per heavy atom. The molecule has 2 aliphatic heterocycles. The molecule has 8 heteroatoms. The van der Waals surface area contributed by atoms with Crippen LogP contribution in [0.2, 0.25) is 0 Å². The average molecular weight is 471 g/mol. The van der Waals surface area contributed by atoms with Crippen LogP contribution in [0.15, 0.2) is 30.3 Å². The molecule has 2 saturated heterocycles. The van der Waals surface area contributed by atoms with Crippen LogP contribution in [0.1, 0.15) is 45.7 Å². The van der Waals surface area contributed by atoms with Crippen molar-refractivity contribution in [3.63, 3.8) is 0 Å². The topological polar surface area (TPSA) is 103 Å². The van der Waals surface area contributed by atoms with E-state index in [0.717, 1.165) is 59.6 Å². The molecule has 2 aliphatic rings. The molecule has 3 atom stereocenters. The predicted octanol–water partition coefficient (Wildman–Crippen LogP) is 4.05. The lowest BCUT2D eigenvalue weighted by Gasteiger charge is -2.22. The van der Waals surface area contributed by atoms with Gasteiger partial charge in [0.05, 0.1) is 42.1 Å². The summed E-state index contributed by atoms with van der Waals surface area (Å²) >= 11 is 0. The summed E-state index contributed by atoms with van der Waals surface area (Å²) in [6, 6.07) is 11.8. The lowest BCUT2D eigenvalue weighted by atomic mass is 9.98. The number of aromatic nitrogens is 2. The van der Waals surface area contributed by atoms with Gasteiger partial charge in [-0.2, -0.15) is 10.4 Å². The van der Waals surface area contributed by atoms with Gasteiger partial charge in [-0.25, -0.2) is 0 Å². The largest absolute Gasteiger partial charge is 0.387 e. The average Bonchev–Trinajstić information content (AvgIpc) is 3.47. The van der Waals surface area contributed by atoms with Crippen LogP contribution in [0.3, 0.4) is 0 Å². The van der Waals surface area contributed by atoms with Gasteiger partial charge in [0.15, 0.2) is 5.82 Å². The zero-order valence-corrected chi connectivity index (χ0v) is 20.6. The van der Waals surface area contributed by atoms with Crippen LogP contribution in [0, 0.1) is 37.0 Å². The first kappa shape index (κ1) is 23.1. The Hall–Kier alpha value is -3.70. The van der Waals surface area contributed by atoms with Gasteiger partial charge in [0.2, 0.25) is 0 Å². The van der Waals surface area contributed by atoms with E-state index in [1.807, 2.05) is 63.1 Å². The van der Waals surface area contributed by atoms with Gasteiger partial charge < -0.3 is 20.3 Å². The molecule has 8 nitrogen and oxygen atoms in total. The molecule has 5 rings (SSSR count). The van der Waals surface area contributed by atoms with Gasteiger partial charge >= 0.3 is 0 Å². The van der Waals surface area contributed by atoms with Crippen molar-refractivity contribution in [2.24, 2.45) is 11.8 Å². The zero-order chi connectivity index (χ0) is 24.7.